The Morgan fingerprint density at radius 1 is 0.507 bits per heavy atom. The van der Waals surface area contributed by atoms with Gasteiger partial charge in [-0.25, -0.2) is 0 Å². The van der Waals surface area contributed by atoms with Gasteiger partial charge < -0.3 is 28.8 Å². The standard InChI is InChI=1S/C62H115N2O6P/c1-6-8-10-12-14-16-18-20-22-24-26-28-30-31-32-33-34-36-38-40-42-44-46-48-50-52-54-56-62(66)63-60(59-70-71(67,68)69-58-57-64(3,4)5)61(65)55-53-51-49-47-45-43-41-39-37-35-29-27-25-23-21-19-17-15-13-11-9-7-2/h8,10,14,16,20,22,26,28,45,47,53,55,60-61,65H,6-7,9,11-13,15,17-19,21,23-25,27,29-44,46,48-52,54,56-59H2,1-5H3,(H-,63,66,67,68)/b10-8-,16-14-,22-20-,28-26-,47-45+,55-53+. The second-order valence-corrected chi connectivity index (χ2v) is 22.7. The van der Waals surface area contributed by atoms with Crippen molar-refractivity contribution in [1.29, 1.82) is 0 Å². The number of amides is 1. The van der Waals surface area contributed by atoms with E-state index in [1.54, 1.807) is 6.08 Å². The summed E-state index contributed by atoms with van der Waals surface area (Å²) in [6.07, 6.45) is 72.7. The van der Waals surface area contributed by atoms with Crippen LogP contribution < -0.4 is 10.2 Å². The monoisotopic (exact) mass is 1010 g/mol. The van der Waals surface area contributed by atoms with Crippen molar-refractivity contribution in [3.8, 4) is 0 Å². The van der Waals surface area contributed by atoms with E-state index in [4.69, 9.17) is 9.05 Å². The van der Waals surface area contributed by atoms with Crippen LogP contribution in [-0.2, 0) is 18.4 Å². The van der Waals surface area contributed by atoms with Crippen molar-refractivity contribution < 1.29 is 32.9 Å². The molecule has 0 bridgehead atoms. The molecule has 3 atom stereocenters. The number of allylic oxidation sites excluding steroid dienone is 11. The van der Waals surface area contributed by atoms with Gasteiger partial charge in [-0.1, -0.05) is 260 Å². The minimum atomic E-state index is -4.61. The molecule has 414 valence electrons. The number of likely N-dealkylation sites (N-methyl/N-ethyl adjacent to an activating group) is 1. The zero-order chi connectivity index (χ0) is 52.0. The van der Waals surface area contributed by atoms with Crippen molar-refractivity contribution in [3.05, 3.63) is 72.9 Å². The number of nitrogens with zero attached hydrogens (tertiary/aromatic N) is 1. The zero-order valence-corrected chi connectivity index (χ0v) is 48.1. The van der Waals surface area contributed by atoms with Crippen molar-refractivity contribution >= 4 is 13.7 Å². The number of unbranched alkanes of at least 4 members (excludes halogenated alkanes) is 31. The quantitative estimate of drug-likeness (QED) is 0.0272. The highest BCUT2D eigenvalue weighted by atomic mass is 31.2. The molecule has 1 amide bonds. The normalized spacial score (nSPS) is 14.4. The molecule has 0 radical (unpaired) electrons. The Balaban J connectivity index is 4.22. The molecule has 0 aromatic heterocycles. The number of nitrogens with one attached hydrogen (secondary N) is 1. The predicted octanol–water partition coefficient (Wildman–Crippen LogP) is 17.6. The van der Waals surface area contributed by atoms with E-state index >= 15 is 0 Å². The van der Waals surface area contributed by atoms with Crippen molar-refractivity contribution in [2.24, 2.45) is 0 Å². The Morgan fingerprint density at radius 3 is 1.31 bits per heavy atom. The fourth-order valence-corrected chi connectivity index (χ4v) is 9.24. The molecule has 0 rings (SSSR count). The number of carbonyl (C=O) groups is 1. The second kappa shape index (κ2) is 52.8. The highest BCUT2D eigenvalue weighted by Gasteiger charge is 2.23. The van der Waals surface area contributed by atoms with Crippen LogP contribution in [-0.4, -0.2) is 68.5 Å². The van der Waals surface area contributed by atoms with E-state index in [2.05, 4.69) is 79.9 Å². The summed E-state index contributed by atoms with van der Waals surface area (Å²) in [4.78, 5) is 25.5. The van der Waals surface area contributed by atoms with Gasteiger partial charge in [-0.05, 0) is 70.6 Å². The Bertz CT molecular complexity index is 1380. The number of carbonyl (C=O) groups excluding carboxylic acids is 1. The lowest BCUT2D eigenvalue weighted by Crippen LogP contribution is -2.45. The Morgan fingerprint density at radius 2 is 0.873 bits per heavy atom. The van der Waals surface area contributed by atoms with Crippen LogP contribution in [0.15, 0.2) is 72.9 Å². The van der Waals surface area contributed by atoms with Crippen LogP contribution in [0, 0.1) is 0 Å². The fourth-order valence-electron chi connectivity index (χ4n) is 8.51. The summed E-state index contributed by atoms with van der Waals surface area (Å²) in [5.41, 5.74) is 0. The number of phosphoric acid groups is 1. The molecule has 0 saturated carbocycles. The average Bonchev–Trinajstić information content (AvgIpc) is 3.33. The maximum Gasteiger partial charge on any atom is 0.268 e. The minimum absolute atomic E-state index is 0.00821. The number of quaternary nitrogens is 1. The SMILES string of the molecule is CC/C=C\C/C=C\C/C=C\C/C=C\CCCCCCCCCCCCCCCCC(=O)NC(COP(=O)([O-])OCC[N+](C)(C)C)C(O)/C=C/CC/C=C/CCCCCCCCCCCCCCCCCC. The van der Waals surface area contributed by atoms with Gasteiger partial charge in [0.05, 0.1) is 39.9 Å². The molecular weight excluding hydrogens is 900 g/mol. The predicted molar refractivity (Wildman–Crippen MR) is 307 cm³/mol. The summed E-state index contributed by atoms with van der Waals surface area (Å²) in [6.45, 7) is 4.54. The zero-order valence-electron chi connectivity index (χ0n) is 47.2. The fraction of sp³-hybridized carbons (Fsp3) is 0.790. The van der Waals surface area contributed by atoms with E-state index in [9.17, 15) is 19.4 Å². The first-order valence-electron chi connectivity index (χ1n) is 29.8. The molecule has 0 heterocycles. The van der Waals surface area contributed by atoms with Gasteiger partial charge in [0.1, 0.15) is 13.2 Å². The minimum Gasteiger partial charge on any atom is -0.756 e. The smallest absolute Gasteiger partial charge is 0.268 e. The third kappa shape index (κ3) is 55.5. The molecule has 9 heteroatoms. The first-order chi connectivity index (χ1) is 34.5. The number of hydrogen-bond acceptors (Lipinski definition) is 6. The van der Waals surface area contributed by atoms with Crippen LogP contribution >= 0.6 is 7.82 Å². The molecule has 2 N–H and O–H groups in total. The molecule has 0 aliphatic carbocycles. The second-order valence-electron chi connectivity index (χ2n) is 21.3. The summed E-state index contributed by atoms with van der Waals surface area (Å²) in [5, 5.41) is 13.9. The molecule has 0 aromatic rings. The van der Waals surface area contributed by atoms with Crippen LogP contribution in [0.1, 0.15) is 264 Å². The van der Waals surface area contributed by atoms with Gasteiger partial charge in [-0.3, -0.25) is 9.36 Å². The Kier molecular flexibility index (Phi) is 51.3. The first-order valence-corrected chi connectivity index (χ1v) is 31.3. The molecule has 71 heavy (non-hydrogen) atoms. The highest BCUT2D eigenvalue weighted by Crippen LogP contribution is 2.38. The van der Waals surface area contributed by atoms with Crippen LogP contribution in [0.5, 0.6) is 0 Å². The Labute approximate surface area is 440 Å². The van der Waals surface area contributed by atoms with Gasteiger partial charge >= 0.3 is 0 Å². The lowest BCUT2D eigenvalue weighted by molar-refractivity contribution is -0.870. The number of rotatable bonds is 54. The molecule has 0 aromatic carbocycles. The topological polar surface area (TPSA) is 108 Å². The number of phosphoric ester groups is 1. The molecule has 8 nitrogen and oxygen atoms in total. The third-order valence-corrected chi connectivity index (χ3v) is 14.1. The highest BCUT2D eigenvalue weighted by molar-refractivity contribution is 7.45. The lowest BCUT2D eigenvalue weighted by Gasteiger charge is -2.29. The maximum atomic E-state index is 13.0. The molecule has 0 aliphatic heterocycles. The molecular formula is C62H115N2O6P. The average molecular weight is 1020 g/mol. The maximum absolute atomic E-state index is 13.0. The van der Waals surface area contributed by atoms with E-state index in [0.29, 0.717) is 17.4 Å². The summed E-state index contributed by atoms with van der Waals surface area (Å²) in [7, 11) is 1.24. The molecule has 0 saturated heterocycles. The summed E-state index contributed by atoms with van der Waals surface area (Å²) in [5.74, 6) is -0.208. The van der Waals surface area contributed by atoms with E-state index in [1.165, 1.54) is 180 Å². The molecule has 0 fully saturated rings. The van der Waals surface area contributed by atoms with E-state index in [0.717, 1.165) is 64.2 Å². The van der Waals surface area contributed by atoms with Crippen molar-refractivity contribution in [1.82, 2.24) is 5.32 Å². The summed E-state index contributed by atoms with van der Waals surface area (Å²) >= 11 is 0. The van der Waals surface area contributed by atoms with Crippen LogP contribution in [0.3, 0.4) is 0 Å². The van der Waals surface area contributed by atoms with Crippen molar-refractivity contribution in [2.45, 2.75) is 276 Å². The van der Waals surface area contributed by atoms with Crippen LogP contribution in [0.25, 0.3) is 0 Å². The number of aliphatic hydroxyl groups excluding tert-OH is 1. The van der Waals surface area contributed by atoms with Gasteiger partial charge in [0.15, 0.2) is 0 Å². The summed E-state index contributed by atoms with van der Waals surface area (Å²) in [6, 6.07) is -0.907. The lowest BCUT2D eigenvalue weighted by atomic mass is 10.0. The summed E-state index contributed by atoms with van der Waals surface area (Å²) < 4.78 is 23.4. The van der Waals surface area contributed by atoms with Crippen LogP contribution in [0.2, 0.25) is 0 Å². The van der Waals surface area contributed by atoms with Gasteiger partial charge in [-0.15, -0.1) is 0 Å². The van der Waals surface area contributed by atoms with Gasteiger partial charge in [0.2, 0.25) is 5.91 Å². The van der Waals surface area contributed by atoms with Gasteiger partial charge in [-0.2, -0.15) is 0 Å². The number of hydrogen-bond donors (Lipinski definition) is 2. The van der Waals surface area contributed by atoms with Gasteiger partial charge in [0, 0.05) is 6.42 Å². The van der Waals surface area contributed by atoms with E-state index in [1.807, 2.05) is 27.2 Å². The molecule has 0 spiro atoms. The largest absolute Gasteiger partial charge is 0.756 e. The van der Waals surface area contributed by atoms with Crippen LogP contribution in [0.4, 0.5) is 0 Å². The first kappa shape index (κ1) is 68.9. The van der Waals surface area contributed by atoms with Crippen molar-refractivity contribution in [2.75, 3.05) is 40.9 Å². The van der Waals surface area contributed by atoms with E-state index < -0.39 is 26.6 Å². The van der Waals surface area contributed by atoms with E-state index in [-0.39, 0.29) is 12.5 Å². The Hall–Kier alpha value is -2.06. The van der Waals surface area contributed by atoms with Crippen molar-refractivity contribution in [3.63, 3.8) is 0 Å². The third-order valence-electron chi connectivity index (χ3n) is 13.2. The molecule has 0 aliphatic rings. The molecule has 3 unspecified atom stereocenters. The number of aliphatic hydroxyl groups is 1. The van der Waals surface area contributed by atoms with Gasteiger partial charge in [0.25, 0.3) is 7.82 Å².